The van der Waals surface area contributed by atoms with Gasteiger partial charge >= 0.3 is 6.16 Å². The third-order valence-electron chi connectivity index (χ3n) is 1.83. The monoisotopic (exact) mass is 223 g/mol. The second-order valence-electron chi connectivity index (χ2n) is 3.09. The first-order valence-electron chi connectivity index (χ1n) is 4.27. The Kier molecular flexibility index (Phi) is 3.24. The van der Waals surface area contributed by atoms with E-state index in [0.29, 0.717) is 11.1 Å². The lowest BCUT2D eigenvalue weighted by atomic mass is 10.1. The van der Waals surface area contributed by atoms with Gasteiger partial charge in [-0.3, -0.25) is 10.1 Å². The minimum Gasteiger partial charge on any atom is -0.449 e. The van der Waals surface area contributed by atoms with Crippen molar-refractivity contribution < 1.29 is 19.6 Å². The zero-order chi connectivity index (χ0) is 12.3. The van der Waals surface area contributed by atoms with Crippen LogP contribution in [0.4, 0.5) is 10.5 Å². The molecule has 0 aliphatic heterocycles. The number of allylic oxidation sites excluding steroid dienone is 1. The van der Waals surface area contributed by atoms with E-state index < -0.39 is 11.1 Å². The lowest BCUT2D eigenvalue weighted by Gasteiger charge is -2.06. The summed E-state index contributed by atoms with van der Waals surface area (Å²) in [4.78, 5) is 20.3. The van der Waals surface area contributed by atoms with Crippen LogP contribution in [0, 0.1) is 10.1 Å². The molecular weight excluding hydrogens is 214 g/mol. The molecule has 6 heteroatoms. The summed E-state index contributed by atoms with van der Waals surface area (Å²) in [6, 6.07) is 3.63. The van der Waals surface area contributed by atoms with Gasteiger partial charge in [-0.2, -0.15) is 0 Å². The Labute approximate surface area is 90.9 Å². The predicted molar refractivity (Wildman–Crippen MR) is 56.5 cm³/mol. The smallest absolute Gasteiger partial charge is 0.449 e. The number of nitrogens with zero attached hydrogens (tertiary/aromatic N) is 1. The Balaban J connectivity index is 3.24. The fourth-order valence-corrected chi connectivity index (χ4v) is 1.15. The molecule has 6 nitrogen and oxygen atoms in total. The van der Waals surface area contributed by atoms with E-state index in [-0.39, 0.29) is 11.4 Å². The number of carbonyl (C=O) groups is 1. The van der Waals surface area contributed by atoms with E-state index in [2.05, 4.69) is 11.3 Å². The highest BCUT2D eigenvalue weighted by molar-refractivity contribution is 5.72. The first-order chi connectivity index (χ1) is 7.41. The van der Waals surface area contributed by atoms with E-state index in [1.165, 1.54) is 18.2 Å². The maximum atomic E-state index is 10.5. The summed E-state index contributed by atoms with van der Waals surface area (Å²) in [6.07, 6.45) is -1.48. The first kappa shape index (κ1) is 11.7. The van der Waals surface area contributed by atoms with Gasteiger partial charge in [0.15, 0.2) is 0 Å². The molecule has 0 aliphatic rings. The van der Waals surface area contributed by atoms with E-state index >= 15 is 0 Å². The molecule has 0 bridgehead atoms. The van der Waals surface area contributed by atoms with Crippen molar-refractivity contribution in [3.05, 3.63) is 40.5 Å². The van der Waals surface area contributed by atoms with Gasteiger partial charge in [-0.05, 0) is 18.6 Å². The van der Waals surface area contributed by atoms with E-state index in [0.717, 1.165) is 0 Å². The van der Waals surface area contributed by atoms with Gasteiger partial charge in [-0.15, -0.1) is 0 Å². The van der Waals surface area contributed by atoms with Crippen LogP contribution in [0.25, 0.3) is 5.57 Å². The van der Waals surface area contributed by atoms with Gasteiger partial charge in [0.05, 0.1) is 4.92 Å². The van der Waals surface area contributed by atoms with E-state index in [1.54, 1.807) is 6.92 Å². The topological polar surface area (TPSA) is 89.7 Å². The molecule has 0 fully saturated rings. The third kappa shape index (κ3) is 2.57. The molecule has 16 heavy (non-hydrogen) atoms. The lowest BCUT2D eigenvalue weighted by Crippen LogP contribution is -2.05. The van der Waals surface area contributed by atoms with Crippen molar-refractivity contribution >= 4 is 17.4 Å². The minimum absolute atomic E-state index is 0.0330. The second kappa shape index (κ2) is 4.43. The molecular formula is C10H9NO5. The number of hydrogen-bond donors (Lipinski definition) is 1. The number of nitro groups is 1. The summed E-state index contributed by atoms with van der Waals surface area (Å²) in [5, 5.41) is 19.0. The quantitative estimate of drug-likeness (QED) is 0.368. The summed E-state index contributed by atoms with van der Waals surface area (Å²) in [5.41, 5.74) is 0.646. The molecule has 0 aliphatic carbocycles. The van der Waals surface area contributed by atoms with Crippen LogP contribution in [0.1, 0.15) is 12.5 Å². The number of ether oxygens (including phenoxy) is 1. The fourth-order valence-electron chi connectivity index (χ4n) is 1.15. The van der Waals surface area contributed by atoms with E-state index in [9.17, 15) is 14.9 Å². The zero-order valence-corrected chi connectivity index (χ0v) is 8.47. The van der Waals surface area contributed by atoms with Crippen molar-refractivity contribution in [3.8, 4) is 5.75 Å². The average Bonchev–Trinajstić information content (AvgIpc) is 2.16. The number of benzene rings is 1. The highest BCUT2D eigenvalue weighted by Gasteiger charge is 2.14. The Hall–Kier alpha value is -2.37. The van der Waals surface area contributed by atoms with Gasteiger partial charge in [0.2, 0.25) is 0 Å². The summed E-state index contributed by atoms with van der Waals surface area (Å²) in [6.45, 7) is 5.20. The van der Waals surface area contributed by atoms with Gasteiger partial charge < -0.3 is 9.84 Å². The third-order valence-corrected chi connectivity index (χ3v) is 1.83. The second-order valence-corrected chi connectivity index (χ2v) is 3.09. The van der Waals surface area contributed by atoms with Crippen molar-refractivity contribution in [2.75, 3.05) is 0 Å². The molecule has 1 N–H and O–H groups in total. The largest absolute Gasteiger partial charge is 0.511 e. The summed E-state index contributed by atoms with van der Waals surface area (Å²) in [5.74, 6) is 0.0330. The van der Waals surface area contributed by atoms with Crippen molar-refractivity contribution in [3.63, 3.8) is 0 Å². The van der Waals surface area contributed by atoms with E-state index in [4.69, 9.17) is 5.11 Å². The van der Waals surface area contributed by atoms with Crippen LogP contribution in [0.3, 0.4) is 0 Å². The zero-order valence-electron chi connectivity index (χ0n) is 8.47. The molecule has 0 unspecified atom stereocenters. The van der Waals surface area contributed by atoms with Crippen LogP contribution >= 0.6 is 0 Å². The molecule has 0 saturated heterocycles. The molecule has 0 saturated carbocycles. The highest BCUT2D eigenvalue weighted by atomic mass is 16.7. The Morgan fingerprint density at radius 2 is 2.19 bits per heavy atom. The van der Waals surface area contributed by atoms with Crippen LogP contribution in [-0.4, -0.2) is 16.2 Å². The average molecular weight is 223 g/mol. The van der Waals surface area contributed by atoms with Gasteiger partial charge in [-0.25, -0.2) is 4.79 Å². The molecule has 1 aromatic rings. The molecule has 1 aromatic carbocycles. The van der Waals surface area contributed by atoms with Gasteiger partial charge in [0.1, 0.15) is 5.75 Å². The summed E-state index contributed by atoms with van der Waals surface area (Å²) < 4.78 is 4.47. The number of non-ortho nitro benzene ring substituents is 1. The molecule has 0 heterocycles. The number of carboxylic acid groups (broad SMARTS) is 1. The van der Waals surface area contributed by atoms with Crippen molar-refractivity contribution in [2.45, 2.75) is 6.92 Å². The highest BCUT2D eigenvalue weighted by Crippen LogP contribution is 2.29. The molecule has 0 radical (unpaired) electrons. The normalized spacial score (nSPS) is 9.56. The predicted octanol–water partition coefficient (Wildman–Crippen LogP) is 2.68. The molecule has 0 amide bonds. The molecule has 1 rings (SSSR count). The van der Waals surface area contributed by atoms with Crippen molar-refractivity contribution in [1.82, 2.24) is 0 Å². The van der Waals surface area contributed by atoms with Crippen LogP contribution < -0.4 is 4.74 Å². The molecule has 84 valence electrons. The maximum Gasteiger partial charge on any atom is 0.511 e. The summed E-state index contributed by atoms with van der Waals surface area (Å²) >= 11 is 0. The van der Waals surface area contributed by atoms with Crippen LogP contribution in [0.2, 0.25) is 0 Å². The number of rotatable bonds is 3. The lowest BCUT2D eigenvalue weighted by molar-refractivity contribution is -0.384. The Bertz CT molecular complexity index is 466. The minimum atomic E-state index is -1.48. The maximum absolute atomic E-state index is 10.5. The van der Waals surface area contributed by atoms with Crippen molar-refractivity contribution in [1.29, 1.82) is 0 Å². The standard InChI is InChI=1S/C10H9NO5/c1-6(2)8-5-7(11(14)15)3-4-9(8)16-10(12)13/h3-5H,1H2,2H3,(H,12,13). The van der Waals surface area contributed by atoms with Crippen LogP contribution in [0.5, 0.6) is 5.75 Å². The Morgan fingerprint density at radius 3 is 2.62 bits per heavy atom. The van der Waals surface area contributed by atoms with E-state index in [1.807, 2.05) is 0 Å². The number of nitro benzene ring substituents is 1. The first-order valence-corrected chi connectivity index (χ1v) is 4.27. The number of hydrogen-bond acceptors (Lipinski definition) is 4. The van der Waals surface area contributed by atoms with Gasteiger partial charge in [-0.1, -0.05) is 6.58 Å². The van der Waals surface area contributed by atoms with Gasteiger partial charge in [0.25, 0.3) is 5.69 Å². The van der Waals surface area contributed by atoms with Crippen molar-refractivity contribution in [2.24, 2.45) is 0 Å². The van der Waals surface area contributed by atoms with Crippen LogP contribution in [-0.2, 0) is 0 Å². The molecule has 0 atom stereocenters. The molecule has 0 aromatic heterocycles. The van der Waals surface area contributed by atoms with Crippen LogP contribution in [0.15, 0.2) is 24.8 Å². The van der Waals surface area contributed by atoms with Gasteiger partial charge in [0, 0.05) is 17.7 Å². The Morgan fingerprint density at radius 1 is 1.56 bits per heavy atom. The summed E-state index contributed by atoms with van der Waals surface area (Å²) in [7, 11) is 0. The molecule has 0 spiro atoms. The fraction of sp³-hybridized carbons (Fsp3) is 0.100. The SMILES string of the molecule is C=C(C)c1cc([N+](=O)[O-])ccc1OC(=O)O.